The van der Waals surface area contributed by atoms with E-state index >= 15 is 0 Å². The summed E-state index contributed by atoms with van der Waals surface area (Å²) in [5.74, 6) is -0.710. The van der Waals surface area contributed by atoms with Gasteiger partial charge in [0.1, 0.15) is 6.10 Å². The number of esters is 1. The molecule has 0 radical (unpaired) electrons. The number of hydrogen-bond acceptors (Lipinski definition) is 2. The Labute approximate surface area is 72.1 Å². The summed E-state index contributed by atoms with van der Waals surface area (Å²) in [5, 5.41) is 0. The van der Waals surface area contributed by atoms with Crippen LogP contribution in [0.25, 0.3) is 0 Å². The quantitative estimate of drug-likeness (QED) is 0.598. The van der Waals surface area contributed by atoms with Gasteiger partial charge in [0.05, 0.1) is 0 Å². The van der Waals surface area contributed by atoms with E-state index in [-0.39, 0.29) is 17.9 Å². The normalized spacial score (nSPS) is 35.8. The zero-order chi connectivity index (χ0) is 9.30. The Hall–Kier alpha value is -0.600. The Bertz CT molecular complexity index is 179. The van der Waals surface area contributed by atoms with Gasteiger partial charge in [0.25, 0.3) is 0 Å². The van der Waals surface area contributed by atoms with Gasteiger partial charge < -0.3 is 4.74 Å². The summed E-state index contributed by atoms with van der Waals surface area (Å²) in [6, 6.07) is 0. The van der Waals surface area contributed by atoms with E-state index in [1.165, 1.54) is 0 Å². The van der Waals surface area contributed by atoms with Crippen molar-refractivity contribution in [3.05, 3.63) is 0 Å². The Morgan fingerprint density at radius 2 is 2.17 bits per heavy atom. The molecule has 0 saturated carbocycles. The standard InChI is InChI=1S/C9H15FO2/c1-4-6-7(10)9(11)12-8(6)5(2)3/h5-8H,4H2,1-3H3. The molecule has 0 aromatic rings. The zero-order valence-electron chi connectivity index (χ0n) is 7.71. The second-order valence-electron chi connectivity index (χ2n) is 3.62. The van der Waals surface area contributed by atoms with E-state index in [9.17, 15) is 9.18 Å². The molecule has 1 aliphatic rings. The topological polar surface area (TPSA) is 26.3 Å². The van der Waals surface area contributed by atoms with E-state index in [0.717, 1.165) is 0 Å². The van der Waals surface area contributed by atoms with Crippen molar-refractivity contribution >= 4 is 5.97 Å². The molecule has 3 unspecified atom stereocenters. The third-order valence-corrected chi connectivity index (χ3v) is 2.40. The Morgan fingerprint density at radius 1 is 1.58 bits per heavy atom. The predicted molar refractivity (Wildman–Crippen MR) is 43.4 cm³/mol. The molecule has 1 aliphatic heterocycles. The number of hydrogen-bond donors (Lipinski definition) is 0. The number of rotatable bonds is 2. The van der Waals surface area contributed by atoms with Crippen molar-refractivity contribution < 1.29 is 13.9 Å². The van der Waals surface area contributed by atoms with Gasteiger partial charge in [0.15, 0.2) is 0 Å². The molecule has 0 N–H and O–H groups in total. The molecule has 3 heteroatoms. The number of carbonyl (C=O) groups excluding carboxylic acids is 1. The van der Waals surface area contributed by atoms with Crippen LogP contribution in [-0.4, -0.2) is 18.2 Å². The molecule has 0 aliphatic carbocycles. The molecule has 0 aromatic heterocycles. The number of halogens is 1. The van der Waals surface area contributed by atoms with Crippen LogP contribution >= 0.6 is 0 Å². The van der Waals surface area contributed by atoms with Gasteiger partial charge in [-0.25, -0.2) is 9.18 Å². The highest BCUT2D eigenvalue weighted by Gasteiger charge is 2.44. The highest BCUT2D eigenvalue weighted by Crippen LogP contribution is 2.32. The zero-order valence-corrected chi connectivity index (χ0v) is 7.71. The molecule has 2 nitrogen and oxygen atoms in total. The van der Waals surface area contributed by atoms with E-state index < -0.39 is 12.1 Å². The van der Waals surface area contributed by atoms with Crippen LogP contribution in [0.1, 0.15) is 27.2 Å². The van der Waals surface area contributed by atoms with Gasteiger partial charge >= 0.3 is 5.97 Å². The summed E-state index contributed by atoms with van der Waals surface area (Å²) in [4.78, 5) is 10.9. The van der Waals surface area contributed by atoms with Gasteiger partial charge in [-0.05, 0) is 12.3 Å². The van der Waals surface area contributed by atoms with Gasteiger partial charge in [-0.15, -0.1) is 0 Å². The predicted octanol–water partition coefficient (Wildman–Crippen LogP) is 1.93. The van der Waals surface area contributed by atoms with Gasteiger partial charge in [0, 0.05) is 5.92 Å². The molecule has 0 amide bonds. The monoisotopic (exact) mass is 174 g/mol. The van der Waals surface area contributed by atoms with Gasteiger partial charge in [-0.2, -0.15) is 0 Å². The van der Waals surface area contributed by atoms with Crippen molar-refractivity contribution in [2.75, 3.05) is 0 Å². The molecule has 0 spiro atoms. The van der Waals surface area contributed by atoms with E-state index in [2.05, 4.69) is 0 Å². The maximum absolute atomic E-state index is 13.1. The van der Waals surface area contributed by atoms with Gasteiger partial charge in [-0.3, -0.25) is 0 Å². The van der Waals surface area contributed by atoms with Crippen molar-refractivity contribution in [1.29, 1.82) is 0 Å². The van der Waals surface area contributed by atoms with Crippen molar-refractivity contribution in [2.45, 2.75) is 39.5 Å². The first-order valence-corrected chi connectivity index (χ1v) is 4.42. The molecular formula is C9H15FO2. The Kier molecular flexibility index (Phi) is 2.70. The lowest BCUT2D eigenvalue weighted by Gasteiger charge is -2.19. The number of cyclic esters (lactones) is 1. The van der Waals surface area contributed by atoms with Crippen LogP contribution < -0.4 is 0 Å². The molecule has 0 bridgehead atoms. The van der Waals surface area contributed by atoms with Crippen LogP contribution in [0.5, 0.6) is 0 Å². The first-order valence-electron chi connectivity index (χ1n) is 4.42. The Morgan fingerprint density at radius 3 is 2.50 bits per heavy atom. The first kappa shape index (κ1) is 9.49. The summed E-state index contributed by atoms with van der Waals surface area (Å²) in [5.41, 5.74) is 0. The van der Waals surface area contributed by atoms with Crippen LogP contribution in [0.4, 0.5) is 4.39 Å². The fourth-order valence-electron chi connectivity index (χ4n) is 1.70. The van der Waals surface area contributed by atoms with Crippen molar-refractivity contribution in [3.63, 3.8) is 0 Å². The van der Waals surface area contributed by atoms with Crippen molar-refractivity contribution in [1.82, 2.24) is 0 Å². The largest absolute Gasteiger partial charge is 0.460 e. The summed E-state index contributed by atoms with van der Waals surface area (Å²) < 4.78 is 18.0. The lowest BCUT2D eigenvalue weighted by atomic mass is 9.90. The molecule has 1 heterocycles. The van der Waals surface area contributed by atoms with Crippen LogP contribution in [0, 0.1) is 11.8 Å². The second-order valence-corrected chi connectivity index (χ2v) is 3.62. The van der Waals surface area contributed by atoms with Gasteiger partial charge in [-0.1, -0.05) is 20.8 Å². The molecule has 0 aromatic carbocycles. The summed E-state index contributed by atoms with van der Waals surface area (Å²) in [6.07, 6.45) is -0.963. The molecular weight excluding hydrogens is 159 g/mol. The van der Waals surface area contributed by atoms with E-state index in [1.54, 1.807) is 0 Å². The molecule has 3 atom stereocenters. The highest BCUT2D eigenvalue weighted by molar-refractivity contribution is 5.77. The minimum Gasteiger partial charge on any atom is -0.460 e. The second kappa shape index (κ2) is 3.42. The summed E-state index contributed by atoms with van der Waals surface area (Å²) in [7, 11) is 0. The lowest BCUT2D eigenvalue weighted by molar-refractivity contribution is -0.146. The molecule has 1 saturated heterocycles. The Balaban J connectivity index is 2.71. The van der Waals surface area contributed by atoms with E-state index in [1.807, 2.05) is 20.8 Å². The van der Waals surface area contributed by atoms with Crippen LogP contribution in [-0.2, 0) is 9.53 Å². The van der Waals surface area contributed by atoms with Crippen molar-refractivity contribution in [2.24, 2.45) is 11.8 Å². The van der Waals surface area contributed by atoms with E-state index in [4.69, 9.17) is 4.74 Å². The number of ether oxygens (including phenoxy) is 1. The number of alkyl halides is 1. The van der Waals surface area contributed by atoms with Gasteiger partial charge in [0.2, 0.25) is 6.17 Å². The first-order chi connectivity index (χ1) is 5.57. The molecule has 70 valence electrons. The summed E-state index contributed by atoms with van der Waals surface area (Å²) in [6.45, 7) is 5.77. The average Bonchev–Trinajstić information content (AvgIpc) is 2.29. The lowest BCUT2D eigenvalue weighted by Crippen LogP contribution is -2.25. The highest BCUT2D eigenvalue weighted by atomic mass is 19.1. The SMILES string of the molecule is CCC1C(F)C(=O)OC1C(C)C. The third kappa shape index (κ3) is 1.45. The van der Waals surface area contributed by atoms with Crippen molar-refractivity contribution in [3.8, 4) is 0 Å². The molecule has 1 rings (SSSR count). The number of carbonyl (C=O) groups is 1. The smallest absolute Gasteiger partial charge is 0.341 e. The minimum atomic E-state index is -1.40. The van der Waals surface area contributed by atoms with Crippen LogP contribution in [0.2, 0.25) is 0 Å². The average molecular weight is 174 g/mol. The molecule has 12 heavy (non-hydrogen) atoms. The third-order valence-electron chi connectivity index (χ3n) is 2.40. The minimum absolute atomic E-state index is 0.208. The molecule has 1 fully saturated rings. The van der Waals surface area contributed by atoms with E-state index in [0.29, 0.717) is 6.42 Å². The fourth-order valence-corrected chi connectivity index (χ4v) is 1.70. The van der Waals surface area contributed by atoms with Crippen LogP contribution in [0.15, 0.2) is 0 Å². The van der Waals surface area contributed by atoms with Crippen LogP contribution in [0.3, 0.4) is 0 Å². The summed E-state index contributed by atoms with van der Waals surface area (Å²) >= 11 is 0. The maximum Gasteiger partial charge on any atom is 0.341 e. The maximum atomic E-state index is 13.1. The fraction of sp³-hybridized carbons (Fsp3) is 0.889.